The zero-order chi connectivity index (χ0) is 48.9. The quantitative estimate of drug-likeness (QED) is 0.0391. The van der Waals surface area contributed by atoms with Gasteiger partial charge in [-0.15, -0.1) is 0 Å². The van der Waals surface area contributed by atoms with E-state index in [2.05, 4.69) is 36.9 Å². The summed E-state index contributed by atoms with van der Waals surface area (Å²) < 4.78 is 0. The Balaban J connectivity index is 1.50. The van der Waals surface area contributed by atoms with Crippen molar-refractivity contribution in [2.75, 3.05) is 30.6 Å². The number of carbonyl (C=O) groups excluding carboxylic acids is 7. The first kappa shape index (κ1) is 53.1. The van der Waals surface area contributed by atoms with Gasteiger partial charge in [0.2, 0.25) is 41.4 Å². The molecular formula is C47H60N8O10S2. The number of phenols is 1. The van der Waals surface area contributed by atoms with Crippen LogP contribution in [0.2, 0.25) is 0 Å². The van der Waals surface area contributed by atoms with E-state index in [1.54, 1.807) is 61.8 Å². The molecular weight excluding hydrogens is 901 g/mol. The Morgan fingerprint density at radius 2 is 1.15 bits per heavy atom. The van der Waals surface area contributed by atoms with Crippen LogP contribution >= 0.6 is 23.5 Å². The molecule has 0 saturated heterocycles. The number of benzene rings is 3. The normalized spacial score (nSPS) is 13.7. The minimum Gasteiger partial charge on any atom is -0.508 e. The molecule has 0 bridgehead atoms. The van der Waals surface area contributed by atoms with Crippen LogP contribution in [0.5, 0.6) is 5.75 Å². The van der Waals surface area contributed by atoms with Crippen LogP contribution in [-0.4, -0.2) is 123 Å². The van der Waals surface area contributed by atoms with E-state index in [9.17, 15) is 48.6 Å². The van der Waals surface area contributed by atoms with Crippen molar-refractivity contribution in [2.45, 2.75) is 82.1 Å². The molecule has 0 aliphatic rings. The largest absolute Gasteiger partial charge is 0.508 e. The van der Waals surface area contributed by atoms with Gasteiger partial charge >= 0.3 is 5.97 Å². The average molecular weight is 961 g/mol. The number of nitrogens with one attached hydrogen (secondary N) is 7. The number of aromatic hydroxyl groups is 1. The van der Waals surface area contributed by atoms with Gasteiger partial charge in [0.1, 0.15) is 36.0 Å². The first-order chi connectivity index (χ1) is 32.1. The number of para-hydroxylation sites is 1. The molecule has 1 aromatic heterocycles. The zero-order valence-corrected chi connectivity index (χ0v) is 39.3. The van der Waals surface area contributed by atoms with Gasteiger partial charge in [0, 0.05) is 42.3 Å². The van der Waals surface area contributed by atoms with Gasteiger partial charge in [-0.25, -0.2) is 0 Å². The Bertz CT molecular complexity index is 2310. The van der Waals surface area contributed by atoms with Crippen LogP contribution in [0, 0.1) is 5.92 Å². The van der Waals surface area contributed by atoms with E-state index < -0.39 is 90.5 Å². The van der Waals surface area contributed by atoms with Crippen LogP contribution in [0.3, 0.4) is 0 Å². The maximum absolute atomic E-state index is 14.3. The molecule has 1 heterocycles. The maximum Gasteiger partial charge on any atom is 0.303 e. The molecule has 11 N–H and O–H groups in total. The minimum atomic E-state index is -1.44. The number of carboxylic acid groups (broad SMARTS) is 1. The summed E-state index contributed by atoms with van der Waals surface area (Å²) in [4.78, 5) is 109. The van der Waals surface area contributed by atoms with Crippen LogP contribution in [0.25, 0.3) is 10.9 Å². The highest BCUT2D eigenvalue weighted by Crippen LogP contribution is 2.20. The van der Waals surface area contributed by atoms with Crippen LogP contribution in [0.4, 0.5) is 0 Å². The minimum absolute atomic E-state index is 0.0403. The first-order valence-corrected chi connectivity index (χ1v) is 24.5. The molecule has 18 nitrogen and oxygen atoms in total. The predicted octanol–water partition coefficient (Wildman–Crippen LogP) is 1.93. The number of aliphatic carboxylic acids is 1. The molecule has 0 unspecified atom stereocenters. The van der Waals surface area contributed by atoms with Gasteiger partial charge in [-0.3, -0.25) is 38.4 Å². The van der Waals surface area contributed by atoms with Crippen molar-refractivity contribution in [3.8, 4) is 5.75 Å². The third-order valence-electron chi connectivity index (χ3n) is 10.8. The van der Waals surface area contributed by atoms with Crippen LogP contribution in [0.1, 0.15) is 49.3 Å². The van der Waals surface area contributed by atoms with E-state index in [1.165, 1.54) is 35.7 Å². The smallest absolute Gasteiger partial charge is 0.303 e. The molecule has 7 amide bonds. The van der Waals surface area contributed by atoms with E-state index in [1.807, 2.05) is 30.5 Å². The Hall–Kier alpha value is -6.54. The summed E-state index contributed by atoms with van der Waals surface area (Å²) in [6.45, 7) is 1.16. The number of fused-ring (bicyclic) bond motifs is 1. The van der Waals surface area contributed by atoms with Gasteiger partial charge in [-0.05, 0) is 84.6 Å². The van der Waals surface area contributed by atoms with Gasteiger partial charge in [-0.1, -0.05) is 67.6 Å². The second-order valence-electron chi connectivity index (χ2n) is 16.0. The molecule has 0 radical (unpaired) electrons. The molecule has 6 atom stereocenters. The van der Waals surface area contributed by atoms with Crippen LogP contribution < -0.4 is 37.6 Å². The number of hydrogen-bond donors (Lipinski definition) is 10. The van der Waals surface area contributed by atoms with Crippen molar-refractivity contribution in [3.63, 3.8) is 0 Å². The molecule has 0 fully saturated rings. The molecule has 0 saturated carbocycles. The number of aromatic nitrogens is 1. The highest BCUT2D eigenvalue weighted by Gasteiger charge is 2.32. The van der Waals surface area contributed by atoms with Gasteiger partial charge in [0.15, 0.2) is 0 Å². The number of nitrogens with two attached hydrogens (primary N) is 1. The van der Waals surface area contributed by atoms with Gasteiger partial charge < -0.3 is 52.8 Å². The lowest BCUT2D eigenvalue weighted by Gasteiger charge is -2.26. The fraction of sp³-hybridized carbons (Fsp3) is 0.404. The number of thioether (sulfide) groups is 2. The number of primary amides is 1. The number of phenolic OH excluding ortho intramolecular Hbond substituents is 1. The Kier molecular flexibility index (Phi) is 21.5. The molecule has 0 spiro atoms. The van der Waals surface area contributed by atoms with E-state index >= 15 is 0 Å². The van der Waals surface area contributed by atoms with E-state index in [0.717, 1.165) is 16.5 Å². The maximum atomic E-state index is 14.3. The lowest BCUT2D eigenvalue weighted by molar-refractivity contribution is -0.138. The van der Waals surface area contributed by atoms with Crippen LogP contribution in [-0.2, 0) is 57.6 Å². The Morgan fingerprint density at radius 1 is 0.612 bits per heavy atom. The molecule has 20 heteroatoms. The fourth-order valence-electron chi connectivity index (χ4n) is 7.09. The van der Waals surface area contributed by atoms with Gasteiger partial charge in [0.05, 0.1) is 6.54 Å². The molecule has 360 valence electrons. The number of rotatable bonds is 28. The summed E-state index contributed by atoms with van der Waals surface area (Å²) in [5, 5.41) is 35.7. The third kappa shape index (κ3) is 17.7. The number of aromatic amines is 1. The van der Waals surface area contributed by atoms with E-state index in [-0.39, 0.29) is 43.8 Å². The van der Waals surface area contributed by atoms with Crippen molar-refractivity contribution < 1.29 is 48.6 Å². The van der Waals surface area contributed by atoms with Crippen molar-refractivity contribution in [2.24, 2.45) is 11.7 Å². The molecule has 0 aliphatic carbocycles. The lowest BCUT2D eigenvalue weighted by atomic mass is 9.99. The summed E-state index contributed by atoms with van der Waals surface area (Å²) in [5.41, 5.74) is 8.57. The monoisotopic (exact) mass is 960 g/mol. The topological polar surface area (TPSA) is 291 Å². The molecule has 4 rings (SSSR count). The zero-order valence-electron chi connectivity index (χ0n) is 37.7. The van der Waals surface area contributed by atoms with Crippen molar-refractivity contribution >= 4 is 81.7 Å². The number of amides is 7. The SMILES string of the molecule is CSCC[C@H](NC(=O)[C@H](Cc1c[nH]c2ccccc12)NC(=O)CNC(=O)[C@H](CCSC)NC(=O)[C@@H](C)Cc1ccc(O)cc1)C(=O)N[C@@H](CCC(=O)O)C(=O)N[C@@H](Cc1ccccc1)C(N)=O. The Morgan fingerprint density at radius 3 is 1.76 bits per heavy atom. The third-order valence-corrected chi connectivity index (χ3v) is 12.1. The van der Waals surface area contributed by atoms with Crippen LogP contribution in [0.15, 0.2) is 85.1 Å². The Labute approximate surface area is 397 Å². The van der Waals surface area contributed by atoms with Crippen molar-refractivity contribution in [1.82, 2.24) is 36.9 Å². The van der Waals surface area contributed by atoms with Gasteiger partial charge in [-0.2, -0.15) is 23.5 Å². The summed E-state index contributed by atoms with van der Waals surface area (Å²) in [7, 11) is 0. The summed E-state index contributed by atoms with van der Waals surface area (Å²) in [5.74, 6) is -5.74. The first-order valence-electron chi connectivity index (χ1n) is 21.7. The van der Waals surface area contributed by atoms with Gasteiger partial charge in [0.25, 0.3) is 0 Å². The number of H-pyrrole nitrogens is 1. The summed E-state index contributed by atoms with van der Waals surface area (Å²) in [6, 6.07) is 16.4. The number of hydrogen-bond acceptors (Lipinski definition) is 11. The molecule has 0 aliphatic heterocycles. The lowest BCUT2D eigenvalue weighted by Crippen LogP contribution is -2.59. The standard InChI is InChI=1S/C47H60N8O10S2/c1-28(23-30-13-15-32(56)16-14-30)43(61)52-36(19-21-66-2)44(62)50-27-40(57)51-39(25-31-26-49-34-12-8-7-11-33(31)34)47(65)54-37(20-22-67-3)46(64)53-35(17-18-41(58)59)45(63)55-38(42(48)60)24-29-9-5-4-6-10-29/h4-16,26,28,35-39,49,56H,17-25,27H2,1-3H3,(H2,48,60)(H,50,62)(H,51,57)(H,52,61)(H,53,64)(H,54,65)(H,55,63)(H,58,59)/t28-,35-,36-,37-,38-,39-/m0/s1. The number of carbonyl (C=O) groups is 8. The highest BCUT2D eigenvalue weighted by molar-refractivity contribution is 7.98. The molecule has 4 aromatic rings. The fourth-order valence-corrected chi connectivity index (χ4v) is 8.04. The second kappa shape index (κ2) is 27.2. The second-order valence-corrected chi connectivity index (χ2v) is 18.0. The molecule has 67 heavy (non-hydrogen) atoms. The van der Waals surface area contributed by atoms with Crippen molar-refractivity contribution in [1.29, 1.82) is 0 Å². The van der Waals surface area contributed by atoms with Crippen molar-refractivity contribution in [3.05, 3.63) is 102 Å². The highest BCUT2D eigenvalue weighted by atomic mass is 32.2. The summed E-state index contributed by atoms with van der Waals surface area (Å²) in [6.07, 6.45) is 5.18. The van der Waals surface area contributed by atoms with E-state index in [0.29, 0.717) is 29.1 Å². The predicted molar refractivity (Wildman–Crippen MR) is 258 cm³/mol. The summed E-state index contributed by atoms with van der Waals surface area (Å²) >= 11 is 2.86. The number of carboxylic acids is 1. The van der Waals surface area contributed by atoms with E-state index in [4.69, 9.17) is 5.73 Å². The average Bonchev–Trinajstić information content (AvgIpc) is 3.72. The molecule has 3 aromatic carbocycles.